The van der Waals surface area contributed by atoms with Crippen LogP contribution in [0.15, 0.2) is 32.0 Å². The molecule has 1 saturated carbocycles. The van der Waals surface area contributed by atoms with Crippen molar-refractivity contribution in [3.05, 3.63) is 27.1 Å². The van der Waals surface area contributed by atoms with E-state index in [1.54, 1.807) is 18.2 Å². The molecule has 112 valence electrons. The molecule has 4 nitrogen and oxygen atoms in total. The average Bonchev–Trinajstić information content (AvgIpc) is 2.89. The standard InChI is InChI=1S/C13H18Br2N2O2S/c14-10-5-6-13(11(15)7-10)20(18,19)17-12(8-16)9-3-1-2-4-9/h5-7,9,12,17H,1-4,8,16H2. The van der Waals surface area contributed by atoms with Gasteiger partial charge in [0, 0.05) is 21.5 Å². The molecule has 0 saturated heterocycles. The highest BCUT2D eigenvalue weighted by Crippen LogP contribution is 2.30. The van der Waals surface area contributed by atoms with Crippen LogP contribution in [0.25, 0.3) is 0 Å². The van der Waals surface area contributed by atoms with Crippen LogP contribution in [-0.2, 0) is 10.0 Å². The van der Waals surface area contributed by atoms with Crippen LogP contribution < -0.4 is 10.5 Å². The third-order valence-corrected chi connectivity index (χ3v) is 6.67. The molecule has 1 atom stereocenters. The molecule has 7 heteroatoms. The Hall–Kier alpha value is 0.0500. The van der Waals surface area contributed by atoms with Crippen molar-refractivity contribution in [1.29, 1.82) is 0 Å². The molecule has 0 bridgehead atoms. The molecule has 1 aromatic carbocycles. The summed E-state index contributed by atoms with van der Waals surface area (Å²) in [6.45, 7) is 0.331. The van der Waals surface area contributed by atoms with Crippen molar-refractivity contribution in [2.24, 2.45) is 11.7 Å². The first-order valence-electron chi connectivity index (χ1n) is 6.61. The van der Waals surface area contributed by atoms with Gasteiger partial charge in [-0.15, -0.1) is 0 Å². The molecule has 0 amide bonds. The van der Waals surface area contributed by atoms with E-state index in [-0.39, 0.29) is 10.9 Å². The first-order chi connectivity index (χ1) is 9.44. The van der Waals surface area contributed by atoms with Gasteiger partial charge in [0.05, 0.1) is 4.90 Å². The van der Waals surface area contributed by atoms with E-state index >= 15 is 0 Å². The molecule has 0 heterocycles. The molecule has 1 unspecified atom stereocenters. The van der Waals surface area contributed by atoms with Crippen LogP contribution in [-0.4, -0.2) is 21.0 Å². The molecule has 20 heavy (non-hydrogen) atoms. The maximum atomic E-state index is 12.5. The summed E-state index contributed by atoms with van der Waals surface area (Å²) >= 11 is 6.61. The van der Waals surface area contributed by atoms with Gasteiger partial charge >= 0.3 is 0 Å². The van der Waals surface area contributed by atoms with Gasteiger partial charge in [0.15, 0.2) is 0 Å². The molecule has 3 N–H and O–H groups in total. The minimum Gasteiger partial charge on any atom is -0.329 e. The van der Waals surface area contributed by atoms with Crippen LogP contribution in [0.1, 0.15) is 25.7 Å². The van der Waals surface area contributed by atoms with Gasteiger partial charge in [-0.05, 0) is 52.9 Å². The monoisotopic (exact) mass is 424 g/mol. The zero-order chi connectivity index (χ0) is 14.8. The van der Waals surface area contributed by atoms with Crippen molar-refractivity contribution in [2.75, 3.05) is 6.54 Å². The van der Waals surface area contributed by atoms with Crippen molar-refractivity contribution in [3.63, 3.8) is 0 Å². The van der Waals surface area contributed by atoms with Gasteiger partial charge in [0.2, 0.25) is 10.0 Å². The normalized spacial score (nSPS) is 18.4. The number of halogens is 2. The average molecular weight is 426 g/mol. The predicted molar refractivity (Wildman–Crippen MR) is 87.0 cm³/mol. The molecule has 0 radical (unpaired) electrons. The van der Waals surface area contributed by atoms with Crippen molar-refractivity contribution in [2.45, 2.75) is 36.6 Å². The topological polar surface area (TPSA) is 72.2 Å². The van der Waals surface area contributed by atoms with E-state index in [0.717, 1.165) is 30.2 Å². The van der Waals surface area contributed by atoms with Gasteiger partial charge in [-0.2, -0.15) is 0 Å². The summed E-state index contributed by atoms with van der Waals surface area (Å²) in [6, 6.07) is 4.84. The molecule has 0 aromatic heterocycles. The second-order valence-electron chi connectivity index (χ2n) is 5.08. The van der Waals surface area contributed by atoms with Crippen LogP contribution in [0, 0.1) is 5.92 Å². The molecule has 1 aromatic rings. The largest absolute Gasteiger partial charge is 0.329 e. The Morgan fingerprint density at radius 2 is 1.95 bits per heavy atom. The second kappa shape index (κ2) is 6.87. The third-order valence-electron chi connectivity index (χ3n) is 3.71. The van der Waals surface area contributed by atoms with Gasteiger partial charge in [-0.1, -0.05) is 28.8 Å². The summed E-state index contributed by atoms with van der Waals surface area (Å²) in [4.78, 5) is 0.247. The van der Waals surface area contributed by atoms with Gasteiger partial charge < -0.3 is 5.73 Å². The number of hydrogen-bond acceptors (Lipinski definition) is 3. The highest BCUT2D eigenvalue weighted by atomic mass is 79.9. The summed E-state index contributed by atoms with van der Waals surface area (Å²) in [5.74, 6) is 0.351. The van der Waals surface area contributed by atoms with E-state index in [9.17, 15) is 8.42 Å². The van der Waals surface area contributed by atoms with E-state index in [0.29, 0.717) is 16.9 Å². The zero-order valence-electron chi connectivity index (χ0n) is 11.0. The molecule has 0 aliphatic heterocycles. The Balaban J connectivity index is 2.21. The highest BCUT2D eigenvalue weighted by molar-refractivity contribution is 9.11. The van der Waals surface area contributed by atoms with Crippen LogP contribution in [0.3, 0.4) is 0 Å². The Kier molecular flexibility index (Phi) is 5.64. The summed E-state index contributed by atoms with van der Waals surface area (Å²) in [5.41, 5.74) is 5.75. The van der Waals surface area contributed by atoms with Crippen molar-refractivity contribution < 1.29 is 8.42 Å². The van der Waals surface area contributed by atoms with E-state index in [1.807, 2.05) is 0 Å². The SMILES string of the molecule is NCC(NS(=O)(=O)c1ccc(Br)cc1Br)C1CCCC1. The number of nitrogens with two attached hydrogens (primary N) is 1. The molecular weight excluding hydrogens is 408 g/mol. The van der Waals surface area contributed by atoms with Gasteiger partial charge in [-0.3, -0.25) is 0 Å². The lowest BCUT2D eigenvalue weighted by atomic mass is 9.99. The molecule has 1 aliphatic rings. The maximum Gasteiger partial charge on any atom is 0.241 e. The third kappa shape index (κ3) is 3.82. The van der Waals surface area contributed by atoms with Crippen molar-refractivity contribution >= 4 is 41.9 Å². The van der Waals surface area contributed by atoms with Gasteiger partial charge in [0.25, 0.3) is 0 Å². The van der Waals surface area contributed by atoms with Crippen LogP contribution in [0.2, 0.25) is 0 Å². The van der Waals surface area contributed by atoms with E-state index < -0.39 is 10.0 Å². The smallest absolute Gasteiger partial charge is 0.241 e. The second-order valence-corrected chi connectivity index (χ2v) is 8.54. The van der Waals surface area contributed by atoms with E-state index in [4.69, 9.17) is 5.73 Å². The highest BCUT2D eigenvalue weighted by Gasteiger charge is 2.29. The van der Waals surface area contributed by atoms with Gasteiger partial charge in [0.1, 0.15) is 0 Å². The van der Waals surface area contributed by atoms with Gasteiger partial charge in [-0.25, -0.2) is 13.1 Å². The molecule has 2 rings (SSSR count). The zero-order valence-corrected chi connectivity index (χ0v) is 15.0. The Bertz CT molecular complexity index is 572. The van der Waals surface area contributed by atoms with Crippen molar-refractivity contribution in [3.8, 4) is 0 Å². The van der Waals surface area contributed by atoms with Crippen LogP contribution in [0.4, 0.5) is 0 Å². The first-order valence-corrected chi connectivity index (χ1v) is 9.68. The summed E-state index contributed by atoms with van der Waals surface area (Å²) < 4.78 is 29.1. The van der Waals surface area contributed by atoms with Crippen LogP contribution >= 0.6 is 31.9 Å². The first kappa shape index (κ1) is 16.4. The Labute approximate surface area is 136 Å². The fraction of sp³-hybridized carbons (Fsp3) is 0.538. The predicted octanol–water partition coefficient (Wildman–Crippen LogP) is 3.01. The summed E-state index contributed by atoms with van der Waals surface area (Å²) in [5, 5.41) is 0. The number of hydrogen-bond donors (Lipinski definition) is 2. The minimum atomic E-state index is -3.55. The molecule has 0 spiro atoms. The van der Waals surface area contributed by atoms with E-state index in [1.165, 1.54) is 0 Å². The number of nitrogens with one attached hydrogen (secondary N) is 1. The number of sulfonamides is 1. The maximum absolute atomic E-state index is 12.5. The lowest BCUT2D eigenvalue weighted by Gasteiger charge is -2.23. The molecule has 1 fully saturated rings. The quantitative estimate of drug-likeness (QED) is 0.761. The lowest BCUT2D eigenvalue weighted by Crippen LogP contribution is -2.44. The number of rotatable bonds is 5. The van der Waals surface area contributed by atoms with Crippen LogP contribution in [0.5, 0.6) is 0 Å². The number of benzene rings is 1. The van der Waals surface area contributed by atoms with E-state index in [2.05, 4.69) is 36.6 Å². The lowest BCUT2D eigenvalue weighted by molar-refractivity contribution is 0.405. The fourth-order valence-corrected chi connectivity index (χ4v) is 5.72. The summed E-state index contributed by atoms with van der Waals surface area (Å²) in [6.07, 6.45) is 4.41. The fourth-order valence-electron chi connectivity index (χ4n) is 2.65. The van der Waals surface area contributed by atoms with Crippen molar-refractivity contribution in [1.82, 2.24) is 4.72 Å². The molecular formula is C13H18Br2N2O2S. The summed E-state index contributed by atoms with van der Waals surface area (Å²) in [7, 11) is -3.55. The Morgan fingerprint density at radius 1 is 1.30 bits per heavy atom. The Morgan fingerprint density at radius 3 is 2.50 bits per heavy atom. The minimum absolute atomic E-state index is 0.182. The molecule has 1 aliphatic carbocycles.